The van der Waals surface area contributed by atoms with Crippen molar-refractivity contribution in [1.82, 2.24) is 0 Å². The normalized spacial score (nSPS) is 12.5. The van der Waals surface area contributed by atoms with Gasteiger partial charge in [-0.1, -0.05) is 77.5 Å². The molecule has 28 heavy (non-hydrogen) atoms. The fourth-order valence-corrected chi connectivity index (χ4v) is 7.90. The van der Waals surface area contributed by atoms with Crippen LogP contribution in [-0.4, -0.2) is 6.61 Å². The van der Waals surface area contributed by atoms with Crippen LogP contribution in [0.3, 0.4) is 0 Å². The number of hydrogen-bond donors (Lipinski definition) is 2. The van der Waals surface area contributed by atoms with Gasteiger partial charge >= 0.3 is 0 Å². The highest BCUT2D eigenvalue weighted by Gasteiger charge is 2.15. The van der Waals surface area contributed by atoms with Crippen molar-refractivity contribution in [3.05, 3.63) is 103 Å². The van der Waals surface area contributed by atoms with Gasteiger partial charge in [0.2, 0.25) is 0 Å². The Bertz CT molecular complexity index is 867. The highest BCUT2D eigenvalue weighted by atomic mass is 33.3. The van der Waals surface area contributed by atoms with E-state index in [1.807, 2.05) is 66.7 Å². The van der Waals surface area contributed by atoms with Crippen LogP contribution in [-0.2, 0) is 4.52 Å². The molecular weight excluding hydrogens is 405 g/mol. The van der Waals surface area contributed by atoms with Crippen LogP contribution in [0.25, 0.3) is 0 Å². The SMILES string of the molecule is N/C(=C\N(N)c1ccccc1)COP(SSc1ccccc1)c1ccccc1. The standard InChI is InChI=1S/C21H22N3OPS2/c22-18(16-24(23)19-10-4-1-5-11-19)17-25-26(20-12-6-2-7-13-20)28-27-21-14-8-3-9-15-21/h1-16H,17,22-23H2/b18-16-. The summed E-state index contributed by atoms with van der Waals surface area (Å²) in [5.74, 6) is 6.07. The molecule has 0 amide bonds. The second-order valence-corrected chi connectivity index (χ2v) is 11.1. The summed E-state index contributed by atoms with van der Waals surface area (Å²) in [4.78, 5) is 1.19. The summed E-state index contributed by atoms with van der Waals surface area (Å²) in [6, 6.07) is 30.2. The number of hydrogen-bond acceptors (Lipinski definition) is 6. The van der Waals surface area contributed by atoms with E-state index in [9.17, 15) is 0 Å². The summed E-state index contributed by atoms with van der Waals surface area (Å²) in [7, 11) is 2.54. The van der Waals surface area contributed by atoms with Gasteiger partial charge in [-0.05, 0) is 34.7 Å². The Hall–Kier alpha value is -1.95. The van der Waals surface area contributed by atoms with Crippen molar-refractivity contribution < 1.29 is 4.52 Å². The van der Waals surface area contributed by atoms with E-state index < -0.39 is 7.35 Å². The van der Waals surface area contributed by atoms with Gasteiger partial charge in [-0.25, -0.2) is 5.84 Å². The molecule has 3 rings (SSSR count). The Morgan fingerprint density at radius 3 is 2.11 bits per heavy atom. The van der Waals surface area contributed by atoms with Crippen molar-refractivity contribution in [2.75, 3.05) is 11.6 Å². The van der Waals surface area contributed by atoms with Gasteiger partial charge in [0.1, 0.15) is 7.35 Å². The summed E-state index contributed by atoms with van der Waals surface area (Å²) < 4.78 is 6.18. The number of rotatable bonds is 9. The Kier molecular flexibility index (Phi) is 8.27. The number of nitrogens with zero attached hydrogens (tertiary/aromatic N) is 1. The molecule has 0 saturated heterocycles. The van der Waals surface area contributed by atoms with E-state index in [2.05, 4.69) is 24.3 Å². The fraction of sp³-hybridized carbons (Fsp3) is 0.0476. The van der Waals surface area contributed by atoms with Crippen molar-refractivity contribution in [1.29, 1.82) is 0 Å². The van der Waals surface area contributed by atoms with Crippen LogP contribution in [0, 0.1) is 0 Å². The van der Waals surface area contributed by atoms with Crippen LogP contribution < -0.4 is 21.9 Å². The topological polar surface area (TPSA) is 64.5 Å². The second-order valence-electron chi connectivity index (χ2n) is 5.78. The molecule has 3 aromatic carbocycles. The third-order valence-electron chi connectivity index (χ3n) is 3.62. The molecule has 0 fully saturated rings. The van der Waals surface area contributed by atoms with E-state index in [4.69, 9.17) is 16.1 Å². The Morgan fingerprint density at radius 1 is 0.893 bits per heavy atom. The van der Waals surface area contributed by atoms with E-state index in [0.29, 0.717) is 12.3 Å². The predicted octanol–water partition coefficient (Wildman–Crippen LogP) is 5.26. The number of anilines is 1. The minimum absolute atomic E-state index is 0.309. The Balaban J connectivity index is 1.63. The maximum Gasteiger partial charge on any atom is 0.132 e. The maximum absolute atomic E-state index is 6.18. The molecular formula is C21H22N3OPS2. The first-order valence-electron chi connectivity index (χ1n) is 8.65. The third kappa shape index (κ3) is 6.59. The Labute approximate surface area is 174 Å². The van der Waals surface area contributed by atoms with E-state index in [-0.39, 0.29) is 0 Å². The van der Waals surface area contributed by atoms with Crippen LogP contribution in [0.15, 0.2) is 108 Å². The zero-order valence-corrected chi connectivity index (χ0v) is 17.7. The maximum atomic E-state index is 6.18. The highest BCUT2D eigenvalue weighted by molar-refractivity contribution is 8.99. The minimum Gasteiger partial charge on any atom is -0.399 e. The quantitative estimate of drug-likeness (QED) is 0.210. The molecule has 0 bridgehead atoms. The molecule has 0 heterocycles. The lowest BCUT2D eigenvalue weighted by Crippen LogP contribution is -2.26. The molecule has 0 aliphatic carbocycles. The minimum atomic E-state index is -0.892. The van der Waals surface area contributed by atoms with E-state index in [1.54, 1.807) is 27.4 Å². The fourth-order valence-electron chi connectivity index (χ4n) is 2.27. The first kappa shape index (κ1) is 20.8. The van der Waals surface area contributed by atoms with Crippen LogP contribution in [0.4, 0.5) is 5.69 Å². The summed E-state index contributed by atoms with van der Waals surface area (Å²) in [6.07, 6.45) is 1.70. The third-order valence-corrected chi connectivity index (χ3v) is 9.42. The van der Waals surface area contributed by atoms with Crippen molar-refractivity contribution in [2.45, 2.75) is 4.90 Å². The molecule has 0 aliphatic heterocycles. The van der Waals surface area contributed by atoms with Gasteiger partial charge in [0, 0.05) is 16.4 Å². The average molecular weight is 428 g/mol. The summed E-state index contributed by atoms with van der Waals surface area (Å²) in [5, 5.41) is 2.67. The molecule has 7 heteroatoms. The highest BCUT2D eigenvalue weighted by Crippen LogP contribution is 2.58. The van der Waals surface area contributed by atoms with Gasteiger partial charge in [0.05, 0.1) is 18.0 Å². The number of hydrazine groups is 1. The van der Waals surface area contributed by atoms with Gasteiger partial charge < -0.3 is 10.3 Å². The summed E-state index contributed by atoms with van der Waals surface area (Å²) in [5.41, 5.74) is 7.59. The zero-order chi connectivity index (χ0) is 19.6. The molecule has 0 spiro atoms. The van der Waals surface area contributed by atoms with Crippen LogP contribution in [0.1, 0.15) is 0 Å². The van der Waals surface area contributed by atoms with E-state index >= 15 is 0 Å². The van der Waals surface area contributed by atoms with Gasteiger partial charge in [0.25, 0.3) is 0 Å². The largest absolute Gasteiger partial charge is 0.399 e. The van der Waals surface area contributed by atoms with E-state index in [0.717, 1.165) is 11.0 Å². The van der Waals surface area contributed by atoms with Crippen molar-refractivity contribution >= 4 is 39.5 Å². The summed E-state index contributed by atoms with van der Waals surface area (Å²) in [6.45, 7) is 0.309. The van der Waals surface area contributed by atoms with Crippen LogP contribution in [0.2, 0.25) is 0 Å². The van der Waals surface area contributed by atoms with Crippen LogP contribution in [0.5, 0.6) is 0 Å². The average Bonchev–Trinajstić information content (AvgIpc) is 2.75. The molecule has 4 N–H and O–H groups in total. The molecule has 4 nitrogen and oxygen atoms in total. The van der Waals surface area contributed by atoms with E-state index in [1.165, 1.54) is 9.90 Å². The molecule has 0 aliphatic rings. The number of para-hydroxylation sites is 1. The van der Waals surface area contributed by atoms with Crippen molar-refractivity contribution in [2.24, 2.45) is 11.6 Å². The van der Waals surface area contributed by atoms with Crippen LogP contribution >= 0.6 is 28.6 Å². The first-order chi connectivity index (χ1) is 13.7. The van der Waals surface area contributed by atoms with Gasteiger partial charge in [-0.2, -0.15) is 0 Å². The second kappa shape index (κ2) is 11.1. The molecule has 1 atom stereocenters. The van der Waals surface area contributed by atoms with Gasteiger partial charge in [-0.15, -0.1) is 0 Å². The molecule has 0 aromatic heterocycles. The summed E-state index contributed by atoms with van der Waals surface area (Å²) >= 11 is 0. The predicted molar refractivity (Wildman–Crippen MR) is 124 cm³/mol. The molecule has 1 unspecified atom stereocenters. The lowest BCUT2D eigenvalue weighted by Gasteiger charge is -2.18. The smallest absolute Gasteiger partial charge is 0.132 e. The molecule has 144 valence electrons. The zero-order valence-electron chi connectivity index (χ0n) is 15.2. The van der Waals surface area contributed by atoms with Crippen molar-refractivity contribution in [3.8, 4) is 0 Å². The van der Waals surface area contributed by atoms with Crippen molar-refractivity contribution in [3.63, 3.8) is 0 Å². The lowest BCUT2D eigenvalue weighted by atomic mass is 10.3. The molecule has 0 saturated carbocycles. The van der Waals surface area contributed by atoms with Gasteiger partial charge in [0.15, 0.2) is 0 Å². The lowest BCUT2D eigenvalue weighted by molar-refractivity contribution is 0.402. The van der Waals surface area contributed by atoms with Gasteiger partial charge in [-0.3, -0.25) is 5.01 Å². The Morgan fingerprint density at radius 2 is 1.46 bits per heavy atom. The number of benzene rings is 3. The number of nitrogens with two attached hydrogens (primary N) is 2. The monoisotopic (exact) mass is 427 g/mol. The molecule has 0 radical (unpaired) electrons. The molecule has 3 aromatic rings. The first-order valence-corrected chi connectivity index (χ1v) is 12.7.